The van der Waals surface area contributed by atoms with E-state index in [-0.39, 0.29) is 19.0 Å². The summed E-state index contributed by atoms with van der Waals surface area (Å²) in [6.07, 6.45) is 0. The van der Waals surface area contributed by atoms with E-state index in [0.29, 0.717) is 23.7 Å². The van der Waals surface area contributed by atoms with Gasteiger partial charge in [0.15, 0.2) is 5.69 Å². The number of carbonyl (C=O) groups excluding carboxylic acids is 1. The van der Waals surface area contributed by atoms with Crippen molar-refractivity contribution in [1.82, 2.24) is 19.4 Å². The molecule has 1 aliphatic rings. The number of carbonyl (C=O) groups is 1. The summed E-state index contributed by atoms with van der Waals surface area (Å²) in [5.74, 6) is -0.180. The Balaban J connectivity index is 1.50. The number of hydrogen-bond acceptors (Lipinski definition) is 4. The zero-order chi connectivity index (χ0) is 19.9. The molecule has 0 bridgehead atoms. The van der Waals surface area contributed by atoms with Crippen LogP contribution in [0.25, 0.3) is 10.9 Å². The van der Waals surface area contributed by atoms with Gasteiger partial charge in [-0.3, -0.25) is 9.89 Å². The minimum atomic E-state index is -3.57. The number of para-hydroxylation sites is 1. The van der Waals surface area contributed by atoms with Gasteiger partial charge in [0.05, 0.1) is 10.4 Å². The Morgan fingerprint density at radius 2 is 1.75 bits per heavy atom. The fourth-order valence-electron chi connectivity index (χ4n) is 3.64. The lowest BCUT2D eigenvalue weighted by atomic mass is 10.2. The first kappa shape index (κ1) is 18.6. The summed E-state index contributed by atoms with van der Waals surface area (Å²) < 4.78 is 27.5. The Hall–Kier alpha value is -2.71. The molecule has 2 heterocycles. The van der Waals surface area contributed by atoms with Gasteiger partial charge in [-0.2, -0.15) is 9.40 Å². The van der Waals surface area contributed by atoms with E-state index in [4.69, 9.17) is 0 Å². The SMILES string of the molecule is Cc1ccc(S(=O)(=O)N2CCN(C(=O)c3n[nH]c4ccccc34)CC2)c(C)c1. The number of benzene rings is 2. The quantitative estimate of drug-likeness (QED) is 0.734. The number of H-pyrrole nitrogens is 1. The second-order valence-electron chi connectivity index (χ2n) is 7.08. The monoisotopic (exact) mass is 398 g/mol. The van der Waals surface area contributed by atoms with Crippen LogP contribution in [0.1, 0.15) is 21.6 Å². The zero-order valence-corrected chi connectivity index (χ0v) is 16.7. The third-order valence-electron chi connectivity index (χ3n) is 5.15. The summed E-state index contributed by atoms with van der Waals surface area (Å²) in [5, 5.41) is 7.80. The number of aromatic amines is 1. The maximum absolute atomic E-state index is 13.0. The first-order valence-electron chi connectivity index (χ1n) is 9.18. The predicted molar refractivity (Wildman–Crippen MR) is 107 cm³/mol. The first-order chi connectivity index (χ1) is 13.4. The van der Waals surface area contributed by atoms with Crippen molar-refractivity contribution in [2.45, 2.75) is 18.7 Å². The molecule has 0 saturated carbocycles. The van der Waals surface area contributed by atoms with Gasteiger partial charge in [0, 0.05) is 31.6 Å². The van der Waals surface area contributed by atoms with E-state index < -0.39 is 10.0 Å². The highest BCUT2D eigenvalue weighted by Crippen LogP contribution is 2.23. The molecule has 1 aliphatic heterocycles. The molecule has 4 rings (SSSR count). The van der Waals surface area contributed by atoms with E-state index in [2.05, 4.69) is 10.2 Å². The number of aryl methyl sites for hydroxylation is 2. The van der Waals surface area contributed by atoms with Crippen molar-refractivity contribution in [3.8, 4) is 0 Å². The number of nitrogens with zero attached hydrogens (tertiary/aromatic N) is 3. The minimum Gasteiger partial charge on any atom is -0.335 e. The molecule has 28 heavy (non-hydrogen) atoms. The molecule has 146 valence electrons. The Labute approximate surface area is 164 Å². The van der Waals surface area contributed by atoms with Gasteiger partial charge in [0.1, 0.15) is 0 Å². The van der Waals surface area contributed by atoms with Crippen LogP contribution < -0.4 is 0 Å². The van der Waals surface area contributed by atoms with Gasteiger partial charge in [-0.1, -0.05) is 35.9 Å². The number of rotatable bonds is 3. The zero-order valence-electron chi connectivity index (χ0n) is 15.8. The number of sulfonamides is 1. The molecule has 1 N–H and O–H groups in total. The fraction of sp³-hybridized carbons (Fsp3) is 0.300. The maximum atomic E-state index is 13.0. The molecule has 0 atom stereocenters. The van der Waals surface area contributed by atoms with Gasteiger partial charge < -0.3 is 4.90 Å². The van der Waals surface area contributed by atoms with Crippen LogP contribution in [-0.4, -0.2) is 59.9 Å². The lowest BCUT2D eigenvalue weighted by molar-refractivity contribution is 0.0694. The van der Waals surface area contributed by atoms with Crippen LogP contribution in [0.5, 0.6) is 0 Å². The highest BCUT2D eigenvalue weighted by Gasteiger charge is 2.32. The van der Waals surface area contributed by atoms with Gasteiger partial charge in [-0.05, 0) is 31.5 Å². The Kier molecular flexibility index (Phi) is 4.68. The van der Waals surface area contributed by atoms with Crippen LogP contribution in [-0.2, 0) is 10.0 Å². The molecular formula is C20H22N4O3S. The van der Waals surface area contributed by atoms with Crippen LogP contribution in [0, 0.1) is 13.8 Å². The molecule has 8 heteroatoms. The predicted octanol–water partition coefficient (Wildman–Crippen LogP) is 2.33. The average Bonchev–Trinajstić information content (AvgIpc) is 3.11. The molecule has 1 fully saturated rings. The highest BCUT2D eigenvalue weighted by molar-refractivity contribution is 7.89. The Morgan fingerprint density at radius 3 is 2.46 bits per heavy atom. The van der Waals surface area contributed by atoms with E-state index in [1.54, 1.807) is 11.0 Å². The van der Waals surface area contributed by atoms with Crippen molar-refractivity contribution in [2.24, 2.45) is 0 Å². The number of hydrogen-bond donors (Lipinski definition) is 1. The third kappa shape index (κ3) is 3.18. The standard InChI is InChI=1S/C20H22N4O3S/c1-14-7-8-18(15(2)13-14)28(26,27)24-11-9-23(10-12-24)20(25)19-16-5-3-4-6-17(16)21-22-19/h3-8,13H,9-12H2,1-2H3,(H,21,22). The third-order valence-corrected chi connectivity index (χ3v) is 7.21. The molecule has 0 unspecified atom stereocenters. The molecule has 0 radical (unpaired) electrons. The molecule has 0 aliphatic carbocycles. The highest BCUT2D eigenvalue weighted by atomic mass is 32.2. The topological polar surface area (TPSA) is 86.4 Å². The smallest absolute Gasteiger partial charge is 0.275 e. The fourth-order valence-corrected chi connectivity index (χ4v) is 5.26. The normalized spacial score (nSPS) is 15.9. The van der Waals surface area contributed by atoms with Gasteiger partial charge >= 0.3 is 0 Å². The maximum Gasteiger partial charge on any atom is 0.275 e. The van der Waals surface area contributed by atoms with E-state index in [9.17, 15) is 13.2 Å². The summed E-state index contributed by atoms with van der Waals surface area (Å²) in [6, 6.07) is 12.8. The Bertz CT molecular complexity index is 1150. The molecular weight excluding hydrogens is 376 g/mol. The lowest BCUT2D eigenvalue weighted by Gasteiger charge is -2.34. The summed E-state index contributed by atoms with van der Waals surface area (Å²) in [4.78, 5) is 14.9. The lowest BCUT2D eigenvalue weighted by Crippen LogP contribution is -2.50. The van der Waals surface area contributed by atoms with Crippen molar-refractivity contribution < 1.29 is 13.2 Å². The van der Waals surface area contributed by atoms with Crippen molar-refractivity contribution in [3.05, 3.63) is 59.3 Å². The van der Waals surface area contributed by atoms with Crippen LogP contribution in [0.15, 0.2) is 47.4 Å². The largest absolute Gasteiger partial charge is 0.335 e. The molecule has 2 aromatic carbocycles. The van der Waals surface area contributed by atoms with Crippen molar-refractivity contribution in [3.63, 3.8) is 0 Å². The molecule has 1 aromatic heterocycles. The molecule has 0 spiro atoms. The second-order valence-corrected chi connectivity index (χ2v) is 8.99. The van der Waals surface area contributed by atoms with Crippen molar-refractivity contribution in [2.75, 3.05) is 26.2 Å². The van der Waals surface area contributed by atoms with Crippen LogP contribution in [0.4, 0.5) is 0 Å². The van der Waals surface area contributed by atoms with E-state index >= 15 is 0 Å². The second kappa shape index (κ2) is 7.03. The van der Waals surface area contributed by atoms with Gasteiger partial charge in [-0.15, -0.1) is 0 Å². The first-order valence-corrected chi connectivity index (χ1v) is 10.6. The van der Waals surface area contributed by atoms with E-state index in [1.807, 2.05) is 50.2 Å². The van der Waals surface area contributed by atoms with Gasteiger partial charge in [0.25, 0.3) is 5.91 Å². The summed E-state index contributed by atoms with van der Waals surface area (Å²) in [7, 11) is -3.57. The van der Waals surface area contributed by atoms with E-state index in [0.717, 1.165) is 22.0 Å². The molecule has 1 amide bonds. The molecule has 3 aromatic rings. The van der Waals surface area contributed by atoms with Crippen LogP contribution >= 0.6 is 0 Å². The molecule has 7 nitrogen and oxygen atoms in total. The summed E-state index contributed by atoms with van der Waals surface area (Å²) >= 11 is 0. The van der Waals surface area contributed by atoms with Gasteiger partial charge in [-0.25, -0.2) is 8.42 Å². The number of nitrogens with one attached hydrogen (secondary N) is 1. The summed E-state index contributed by atoms with van der Waals surface area (Å²) in [6.45, 7) is 4.96. The number of piperazine rings is 1. The van der Waals surface area contributed by atoms with Crippen LogP contribution in [0.2, 0.25) is 0 Å². The van der Waals surface area contributed by atoms with E-state index in [1.165, 1.54) is 4.31 Å². The van der Waals surface area contributed by atoms with Crippen LogP contribution in [0.3, 0.4) is 0 Å². The number of amides is 1. The van der Waals surface area contributed by atoms with Gasteiger partial charge in [0.2, 0.25) is 10.0 Å². The van der Waals surface area contributed by atoms with Crippen molar-refractivity contribution >= 4 is 26.8 Å². The Morgan fingerprint density at radius 1 is 1.04 bits per heavy atom. The van der Waals surface area contributed by atoms with Crippen molar-refractivity contribution in [1.29, 1.82) is 0 Å². The number of fused-ring (bicyclic) bond motifs is 1. The number of aromatic nitrogens is 2. The summed E-state index contributed by atoms with van der Waals surface area (Å²) in [5.41, 5.74) is 2.95. The average molecular weight is 398 g/mol. The molecule has 1 saturated heterocycles. The minimum absolute atomic E-state index is 0.180.